The van der Waals surface area contributed by atoms with E-state index in [2.05, 4.69) is 9.97 Å². The van der Waals surface area contributed by atoms with Gasteiger partial charge in [-0.05, 0) is 25.0 Å². The molecule has 1 amide bonds. The minimum Gasteiger partial charge on any atom is -0.438 e. The van der Waals surface area contributed by atoms with Crippen molar-refractivity contribution >= 4 is 17.5 Å². The van der Waals surface area contributed by atoms with E-state index in [0.717, 1.165) is 12.8 Å². The van der Waals surface area contributed by atoms with Gasteiger partial charge in [-0.1, -0.05) is 23.7 Å². The Labute approximate surface area is 120 Å². The van der Waals surface area contributed by atoms with Crippen molar-refractivity contribution in [2.75, 3.05) is 0 Å². The number of halogens is 1. The lowest BCUT2D eigenvalue weighted by Crippen LogP contribution is -2.12. The van der Waals surface area contributed by atoms with Crippen molar-refractivity contribution < 1.29 is 9.53 Å². The van der Waals surface area contributed by atoms with Crippen LogP contribution in [0, 0.1) is 0 Å². The molecular formula is C14H12ClN3O2. The van der Waals surface area contributed by atoms with Crippen LogP contribution in [0.15, 0.2) is 30.3 Å². The number of hydrogen-bond acceptors (Lipinski definition) is 4. The largest absolute Gasteiger partial charge is 0.438 e. The molecule has 1 aliphatic carbocycles. The summed E-state index contributed by atoms with van der Waals surface area (Å²) >= 11 is 5.97. The van der Waals surface area contributed by atoms with Crippen molar-refractivity contribution in [3.05, 3.63) is 46.9 Å². The Kier molecular flexibility index (Phi) is 3.28. The SMILES string of the molecule is NC(=O)c1ccccc1Oc1cc(Cl)nc(C2CC2)n1. The van der Waals surface area contributed by atoms with E-state index in [1.165, 1.54) is 6.07 Å². The third kappa shape index (κ3) is 2.72. The third-order valence-electron chi connectivity index (χ3n) is 3.00. The van der Waals surface area contributed by atoms with Crippen molar-refractivity contribution in [3.8, 4) is 11.6 Å². The van der Waals surface area contributed by atoms with Crippen LogP contribution in [0.25, 0.3) is 0 Å². The molecule has 0 unspecified atom stereocenters. The fraction of sp³-hybridized carbons (Fsp3) is 0.214. The molecule has 1 aliphatic rings. The second-order valence-electron chi connectivity index (χ2n) is 4.62. The number of rotatable bonds is 4. The van der Waals surface area contributed by atoms with E-state index in [0.29, 0.717) is 34.1 Å². The highest BCUT2D eigenvalue weighted by Gasteiger charge is 2.27. The molecule has 1 fully saturated rings. The number of ether oxygens (including phenoxy) is 1. The van der Waals surface area contributed by atoms with Gasteiger partial charge in [0, 0.05) is 12.0 Å². The molecule has 0 radical (unpaired) electrons. The lowest BCUT2D eigenvalue weighted by Gasteiger charge is -2.09. The van der Waals surface area contributed by atoms with Gasteiger partial charge in [0.2, 0.25) is 5.88 Å². The molecule has 1 aromatic carbocycles. The molecule has 0 spiro atoms. The molecule has 1 heterocycles. The van der Waals surface area contributed by atoms with Crippen LogP contribution < -0.4 is 10.5 Å². The number of hydrogen-bond donors (Lipinski definition) is 1. The predicted octanol–water partition coefficient (Wildman–Crippen LogP) is 2.90. The summed E-state index contributed by atoms with van der Waals surface area (Å²) in [6.45, 7) is 0. The summed E-state index contributed by atoms with van der Waals surface area (Å²) < 4.78 is 5.63. The first-order valence-corrected chi connectivity index (χ1v) is 6.62. The Hall–Kier alpha value is -2.14. The van der Waals surface area contributed by atoms with Crippen LogP contribution in [0.1, 0.15) is 34.9 Å². The van der Waals surface area contributed by atoms with Crippen LogP contribution in [0.2, 0.25) is 5.15 Å². The summed E-state index contributed by atoms with van der Waals surface area (Å²) in [6.07, 6.45) is 2.13. The Morgan fingerprint density at radius 1 is 1.30 bits per heavy atom. The summed E-state index contributed by atoms with van der Waals surface area (Å²) in [6, 6.07) is 8.25. The Bertz CT molecular complexity index is 671. The summed E-state index contributed by atoms with van der Waals surface area (Å²) in [5.74, 6) is 1.17. The first kappa shape index (κ1) is 12.9. The number of para-hydroxylation sites is 1. The first-order chi connectivity index (χ1) is 9.63. The summed E-state index contributed by atoms with van der Waals surface area (Å²) in [7, 11) is 0. The standard InChI is InChI=1S/C14H12ClN3O2/c15-11-7-12(18-14(17-11)8-5-6-8)20-10-4-2-1-3-9(10)13(16)19/h1-4,7-8H,5-6H2,(H2,16,19). The molecular weight excluding hydrogens is 278 g/mol. The smallest absolute Gasteiger partial charge is 0.252 e. The van der Waals surface area contributed by atoms with Gasteiger partial charge in [-0.2, -0.15) is 4.98 Å². The molecule has 0 aliphatic heterocycles. The van der Waals surface area contributed by atoms with Crippen LogP contribution in [0.4, 0.5) is 0 Å². The maximum atomic E-state index is 11.3. The van der Waals surface area contributed by atoms with Crippen molar-refractivity contribution in [3.63, 3.8) is 0 Å². The third-order valence-corrected chi connectivity index (χ3v) is 3.19. The maximum absolute atomic E-state index is 11.3. The van der Waals surface area contributed by atoms with Gasteiger partial charge < -0.3 is 10.5 Å². The van der Waals surface area contributed by atoms with Crippen molar-refractivity contribution in [1.29, 1.82) is 0 Å². The number of amides is 1. The van der Waals surface area contributed by atoms with Crippen LogP contribution in [-0.2, 0) is 0 Å². The number of carbonyl (C=O) groups is 1. The number of aromatic nitrogens is 2. The zero-order valence-electron chi connectivity index (χ0n) is 10.5. The second kappa shape index (κ2) is 5.09. The average molecular weight is 290 g/mol. The summed E-state index contributed by atoms with van der Waals surface area (Å²) in [4.78, 5) is 19.8. The molecule has 2 aromatic rings. The van der Waals surface area contributed by atoms with Gasteiger partial charge in [-0.3, -0.25) is 4.79 Å². The second-order valence-corrected chi connectivity index (χ2v) is 5.01. The molecule has 102 valence electrons. The fourth-order valence-electron chi connectivity index (χ4n) is 1.86. The molecule has 2 N–H and O–H groups in total. The molecule has 1 saturated carbocycles. The molecule has 5 nitrogen and oxygen atoms in total. The van der Waals surface area contributed by atoms with E-state index < -0.39 is 5.91 Å². The molecule has 1 aromatic heterocycles. The minimum atomic E-state index is -0.553. The Morgan fingerprint density at radius 2 is 2.05 bits per heavy atom. The number of primary amides is 1. The Balaban J connectivity index is 1.93. The van der Waals surface area contributed by atoms with Crippen LogP contribution in [0.3, 0.4) is 0 Å². The summed E-state index contributed by atoms with van der Waals surface area (Å²) in [5, 5.41) is 0.327. The van der Waals surface area contributed by atoms with E-state index in [4.69, 9.17) is 22.1 Å². The van der Waals surface area contributed by atoms with E-state index in [1.54, 1.807) is 24.3 Å². The van der Waals surface area contributed by atoms with Crippen LogP contribution in [-0.4, -0.2) is 15.9 Å². The molecule has 0 bridgehead atoms. The topological polar surface area (TPSA) is 78.1 Å². The Morgan fingerprint density at radius 3 is 2.75 bits per heavy atom. The van der Waals surface area contributed by atoms with Gasteiger partial charge in [0.25, 0.3) is 5.91 Å². The number of nitrogens with two attached hydrogens (primary N) is 1. The van der Waals surface area contributed by atoms with Gasteiger partial charge in [0.15, 0.2) is 0 Å². The fourth-order valence-corrected chi connectivity index (χ4v) is 2.04. The van der Waals surface area contributed by atoms with Crippen molar-refractivity contribution in [2.45, 2.75) is 18.8 Å². The molecule has 0 atom stereocenters. The molecule has 20 heavy (non-hydrogen) atoms. The lowest BCUT2D eigenvalue weighted by atomic mass is 10.2. The normalized spacial score (nSPS) is 14.1. The highest BCUT2D eigenvalue weighted by atomic mass is 35.5. The highest BCUT2D eigenvalue weighted by Crippen LogP contribution is 2.39. The van der Waals surface area contributed by atoms with Gasteiger partial charge in [0.1, 0.15) is 16.7 Å². The monoisotopic (exact) mass is 289 g/mol. The highest BCUT2D eigenvalue weighted by molar-refractivity contribution is 6.29. The van der Waals surface area contributed by atoms with Crippen molar-refractivity contribution in [1.82, 2.24) is 9.97 Å². The average Bonchev–Trinajstić information content (AvgIpc) is 3.22. The maximum Gasteiger partial charge on any atom is 0.252 e. The minimum absolute atomic E-state index is 0.301. The number of benzene rings is 1. The summed E-state index contributed by atoms with van der Waals surface area (Å²) in [5.41, 5.74) is 5.61. The molecule has 0 saturated heterocycles. The quantitative estimate of drug-likeness (QED) is 0.878. The van der Waals surface area contributed by atoms with Crippen LogP contribution in [0.5, 0.6) is 11.6 Å². The van der Waals surface area contributed by atoms with Gasteiger partial charge in [-0.25, -0.2) is 4.98 Å². The lowest BCUT2D eigenvalue weighted by molar-refractivity contribution is 0.0998. The predicted molar refractivity (Wildman–Crippen MR) is 74.1 cm³/mol. The van der Waals surface area contributed by atoms with E-state index in [1.807, 2.05) is 0 Å². The first-order valence-electron chi connectivity index (χ1n) is 6.24. The number of nitrogens with zero attached hydrogens (tertiary/aromatic N) is 2. The molecule has 6 heteroatoms. The number of carbonyl (C=O) groups excluding carboxylic acids is 1. The van der Waals surface area contributed by atoms with Gasteiger partial charge >= 0.3 is 0 Å². The van der Waals surface area contributed by atoms with Gasteiger partial charge in [0.05, 0.1) is 5.56 Å². The zero-order chi connectivity index (χ0) is 14.1. The van der Waals surface area contributed by atoms with Gasteiger partial charge in [-0.15, -0.1) is 0 Å². The zero-order valence-corrected chi connectivity index (χ0v) is 11.3. The van der Waals surface area contributed by atoms with Crippen LogP contribution >= 0.6 is 11.6 Å². The van der Waals surface area contributed by atoms with E-state index in [-0.39, 0.29) is 0 Å². The van der Waals surface area contributed by atoms with E-state index >= 15 is 0 Å². The molecule has 3 rings (SSSR count). The van der Waals surface area contributed by atoms with Crippen molar-refractivity contribution in [2.24, 2.45) is 5.73 Å². The van der Waals surface area contributed by atoms with E-state index in [9.17, 15) is 4.79 Å².